The summed E-state index contributed by atoms with van der Waals surface area (Å²) < 4.78 is 1.90. The maximum absolute atomic E-state index is 10.9. The number of nitrogens with zero attached hydrogens (tertiary/aromatic N) is 2. The van der Waals surface area contributed by atoms with Crippen molar-refractivity contribution in [3.8, 4) is 0 Å². The van der Waals surface area contributed by atoms with Gasteiger partial charge in [-0.2, -0.15) is 0 Å². The lowest BCUT2D eigenvalue weighted by atomic mass is 10.3. The Bertz CT molecular complexity index is 462. The Labute approximate surface area is 87.4 Å². The lowest BCUT2D eigenvalue weighted by molar-refractivity contribution is 0.100. The van der Waals surface area contributed by atoms with Crippen molar-refractivity contribution in [2.24, 2.45) is 5.73 Å². The quantitative estimate of drug-likeness (QED) is 0.806. The van der Waals surface area contributed by atoms with Gasteiger partial charge in [0.05, 0.1) is 5.56 Å². The summed E-state index contributed by atoms with van der Waals surface area (Å²) in [5, 5.41) is 0. The minimum absolute atomic E-state index is 0.403. The van der Waals surface area contributed by atoms with Crippen LogP contribution >= 0.6 is 0 Å². The number of hydrogen-bond donors (Lipinski definition) is 1. The van der Waals surface area contributed by atoms with Crippen LogP contribution in [0.3, 0.4) is 0 Å². The molecule has 2 aromatic heterocycles. The van der Waals surface area contributed by atoms with E-state index >= 15 is 0 Å². The molecule has 4 heteroatoms. The second-order valence-electron chi connectivity index (χ2n) is 3.30. The summed E-state index contributed by atoms with van der Waals surface area (Å²) in [4.78, 5) is 14.9. The smallest absolute Gasteiger partial charge is 0.250 e. The van der Waals surface area contributed by atoms with Gasteiger partial charge in [-0.3, -0.25) is 9.78 Å². The molecule has 0 unspecified atom stereocenters. The molecule has 0 atom stereocenters. The first-order valence-electron chi connectivity index (χ1n) is 4.60. The van der Waals surface area contributed by atoms with Crippen molar-refractivity contribution in [2.45, 2.75) is 6.54 Å². The topological polar surface area (TPSA) is 60.9 Å². The molecule has 0 aliphatic heterocycles. The first kappa shape index (κ1) is 9.45. The van der Waals surface area contributed by atoms with Crippen LogP contribution in [0.2, 0.25) is 0 Å². The number of pyridine rings is 1. The highest BCUT2D eigenvalue weighted by atomic mass is 16.1. The van der Waals surface area contributed by atoms with Crippen molar-refractivity contribution in [3.05, 3.63) is 54.1 Å². The predicted molar refractivity (Wildman–Crippen MR) is 56.3 cm³/mol. The minimum atomic E-state index is -0.403. The fourth-order valence-electron chi connectivity index (χ4n) is 1.39. The van der Waals surface area contributed by atoms with E-state index in [1.54, 1.807) is 24.7 Å². The lowest BCUT2D eigenvalue weighted by Gasteiger charge is -2.01. The number of amides is 1. The Kier molecular flexibility index (Phi) is 2.49. The van der Waals surface area contributed by atoms with E-state index in [1.165, 1.54) is 0 Å². The van der Waals surface area contributed by atoms with Crippen molar-refractivity contribution in [3.63, 3.8) is 0 Å². The SMILES string of the molecule is NC(=O)c1ccn(Cc2cccnc2)c1. The molecule has 0 saturated carbocycles. The van der Waals surface area contributed by atoms with Crippen LogP contribution in [0.5, 0.6) is 0 Å². The van der Waals surface area contributed by atoms with Crippen molar-refractivity contribution >= 4 is 5.91 Å². The fraction of sp³-hybridized carbons (Fsp3) is 0.0909. The van der Waals surface area contributed by atoms with Crippen molar-refractivity contribution < 1.29 is 4.79 Å². The summed E-state index contributed by atoms with van der Waals surface area (Å²) in [6, 6.07) is 5.57. The van der Waals surface area contributed by atoms with Gasteiger partial charge in [0.2, 0.25) is 5.91 Å². The molecule has 0 aliphatic rings. The molecule has 76 valence electrons. The van der Waals surface area contributed by atoms with Crippen LogP contribution in [0.15, 0.2) is 43.0 Å². The van der Waals surface area contributed by atoms with E-state index in [4.69, 9.17) is 5.73 Å². The molecule has 2 rings (SSSR count). The zero-order valence-corrected chi connectivity index (χ0v) is 8.13. The Hall–Kier alpha value is -2.10. The van der Waals surface area contributed by atoms with Gasteiger partial charge >= 0.3 is 0 Å². The van der Waals surface area contributed by atoms with E-state index in [2.05, 4.69) is 4.98 Å². The van der Waals surface area contributed by atoms with Crippen LogP contribution in [0.1, 0.15) is 15.9 Å². The third kappa shape index (κ3) is 2.22. The summed E-state index contributed by atoms with van der Waals surface area (Å²) >= 11 is 0. The summed E-state index contributed by atoms with van der Waals surface area (Å²) in [7, 11) is 0. The largest absolute Gasteiger partial charge is 0.366 e. The molecular formula is C11H11N3O. The molecule has 4 nitrogen and oxygen atoms in total. The number of nitrogens with two attached hydrogens (primary N) is 1. The van der Waals surface area contributed by atoms with E-state index in [0.717, 1.165) is 5.56 Å². The molecule has 0 radical (unpaired) electrons. The van der Waals surface area contributed by atoms with Crippen LogP contribution in [-0.4, -0.2) is 15.5 Å². The fourth-order valence-corrected chi connectivity index (χ4v) is 1.39. The number of carbonyl (C=O) groups is 1. The van der Waals surface area contributed by atoms with Crippen molar-refractivity contribution in [2.75, 3.05) is 0 Å². The first-order chi connectivity index (χ1) is 7.25. The molecule has 2 heterocycles. The van der Waals surface area contributed by atoms with Gasteiger partial charge in [0, 0.05) is 31.3 Å². The molecule has 0 fully saturated rings. The van der Waals surface area contributed by atoms with E-state index in [1.807, 2.05) is 22.9 Å². The van der Waals surface area contributed by atoms with Gasteiger partial charge in [-0.25, -0.2) is 0 Å². The molecule has 0 aromatic carbocycles. The molecule has 2 N–H and O–H groups in total. The summed E-state index contributed by atoms with van der Waals surface area (Å²) in [6.45, 7) is 0.696. The van der Waals surface area contributed by atoms with Gasteiger partial charge in [0.25, 0.3) is 0 Å². The van der Waals surface area contributed by atoms with Crippen LogP contribution in [0.4, 0.5) is 0 Å². The zero-order valence-electron chi connectivity index (χ0n) is 8.13. The Morgan fingerprint density at radius 2 is 2.33 bits per heavy atom. The average molecular weight is 201 g/mol. The monoisotopic (exact) mass is 201 g/mol. The van der Waals surface area contributed by atoms with Crippen LogP contribution in [-0.2, 0) is 6.54 Å². The number of carbonyl (C=O) groups excluding carboxylic acids is 1. The second-order valence-corrected chi connectivity index (χ2v) is 3.30. The van der Waals surface area contributed by atoms with Gasteiger partial charge in [0.1, 0.15) is 0 Å². The maximum Gasteiger partial charge on any atom is 0.250 e. The summed E-state index contributed by atoms with van der Waals surface area (Å²) in [5.41, 5.74) is 6.77. The second kappa shape index (κ2) is 3.96. The molecule has 1 amide bonds. The Balaban J connectivity index is 2.15. The Morgan fingerprint density at radius 3 is 2.93 bits per heavy atom. The van der Waals surface area contributed by atoms with Crippen LogP contribution in [0, 0.1) is 0 Å². The van der Waals surface area contributed by atoms with Gasteiger partial charge in [-0.1, -0.05) is 6.07 Å². The third-order valence-electron chi connectivity index (χ3n) is 2.12. The van der Waals surface area contributed by atoms with Gasteiger partial charge in [-0.15, -0.1) is 0 Å². The highest BCUT2D eigenvalue weighted by Crippen LogP contribution is 2.04. The molecule has 0 saturated heterocycles. The lowest BCUT2D eigenvalue weighted by Crippen LogP contribution is -2.09. The van der Waals surface area contributed by atoms with E-state index < -0.39 is 5.91 Å². The van der Waals surface area contributed by atoms with E-state index in [0.29, 0.717) is 12.1 Å². The maximum atomic E-state index is 10.9. The first-order valence-corrected chi connectivity index (χ1v) is 4.60. The summed E-state index contributed by atoms with van der Waals surface area (Å²) in [6.07, 6.45) is 7.08. The molecule has 0 bridgehead atoms. The third-order valence-corrected chi connectivity index (χ3v) is 2.12. The molecule has 2 aromatic rings. The average Bonchev–Trinajstić information content (AvgIpc) is 2.68. The Morgan fingerprint density at radius 1 is 1.47 bits per heavy atom. The highest BCUT2D eigenvalue weighted by molar-refractivity contribution is 5.92. The van der Waals surface area contributed by atoms with Gasteiger partial charge in [0.15, 0.2) is 0 Å². The van der Waals surface area contributed by atoms with Crippen molar-refractivity contribution in [1.82, 2.24) is 9.55 Å². The standard InChI is InChI=1S/C11H11N3O/c12-11(15)10-3-5-14(8-10)7-9-2-1-4-13-6-9/h1-6,8H,7H2,(H2,12,15). The molecular weight excluding hydrogens is 190 g/mol. The van der Waals surface area contributed by atoms with E-state index in [-0.39, 0.29) is 0 Å². The van der Waals surface area contributed by atoms with E-state index in [9.17, 15) is 4.79 Å². The molecule has 0 aliphatic carbocycles. The van der Waals surface area contributed by atoms with Crippen LogP contribution in [0.25, 0.3) is 0 Å². The highest BCUT2D eigenvalue weighted by Gasteiger charge is 2.02. The molecule has 0 spiro atoms. The normalized spacial score (nSPS) is 10.1. The number of rotatable bonds is 3. The summed E-state index contributed by atoms with van der Waals surface area (Å²) in [5.74, 6) is -0.403. The van der Waals surface area contributed by atoms with Crippen molar-refractivity contribution in [1.29, 1.82) is 0 Å². The number of aromatic nitrogens is 2. The molecule has 15 heavy (non-hydrogen) atoms. The number of primary amides is 1. The van der Waals surface area contributed by atoms with Gasteiger partial charge < -0.3 is 10.3 Å². The predicted octanol–water partition coefficient (Wildman–Crippen LogP) is 1.03. The van der Waals surface area contributed by atoms with Gasteiger partial charge in [-0.05, 0) is 17.7 Å². The number of hydrogen-bond acceptors (Lipinski definition) is 2. The zero-order chi connectivity index (χ0) is 10.7. The minimum Gasteiger partial charge on any atom is -0.366 e. The van der Waals surface area contributed by atoms with Crippen LogP contribution < -0.4 is 5.73 Å².